The Labute approximate surface area is 174 Å². The lowest BCUT2D eigenvalue weighted by Crippen LogP contribution is -2.33. The fraction of sp³-hybridized carbons (Fsp3) is 0.286. The molecule has 5 nitrogen and oxygen atoms in total. The van der Waals surface area contributed by atoms with Gasteiger partial charge in [0.2, 0.25) is 11.0 Å². The second kappa shape index (κ2) is 9.71. The number of aromatic nitrogens is 2. The molecule has 1 heterocycles. The maximum absolute atomic E-state index is 12.9. The van der Waals surface area contributed by atoms with Crippen molar-refractivity contribution in [2.24, 2.45) is 0 Å². The van der Waals surface area contributed by atoms with Crippen LogP contribution in [0.15, 0.2) is 65.0 Å². The third-order valence-corrected chi connectivity index (χ3v) is 6.12. The van der Waals surface area contributed by atoms with Crippen LogP contribution in [0.1, 0.15) is 31.0 Å². The van der Waals surface area contributed by atoms with Crippen molar-refractivity contribution in [3.63, 3.8) is 0 Å². The molecule has 0 aliphatic rings. The molecule has 0 aliphatic heterocycles. The SMILES string of the molecule is CC(C)Nc1nnc(SCC(=O)N(C)C(c2ccccc2)c2ccccc2)s1. The van der Waals surface area contributed by atoms with E-state index in [4.69, 9.17) is 0 Å². The molecular formula is C21H24N4OS2. The molecule has 0 radical (unpaired) electrons. The summed E-state index contributed by atoms with van der Waals surface area (Å²) in [5.41, 5.74) is 2.18. The zero-order chi connectivity index (χ0) is 19.9. The van der Waals surface area contributed by atoms with E-state index in [0.717, 1.165) is 20.6 Å². The number of carbonyl (C=O) groups is 1. The maximum atomic E-state index is 12.9. The average Bonchev–Trinajstić information content (AvgIpc) is 3.14. The molecule has 0 bridgehead atoms. The number of nitrogens with zero attached hydrogens (tertiary/aromatic N) is 3. The molecule has 28 heavy (non-hydrogen) atoms. The molecule has 3 rings (SSSR count). The average molecular weight is 413 g/mol. The van der Waals surface area contributed by atoms with Crippen molar-refractivity contribution in [1.29, 1.82) is 0 Å². The Morgan fingerprint density at radius 2 is 1.61 bits per heavy atom. The number of nitrogens with one attached hydrogen (secondary N) is 1. The first kappa shape index (κ1) is 20.4. The molecule has 0 saturated heterocycles. The van der Waals surface area contributed by atoms with Gasteiger partial charge in [-0.25, -0.2) is 0 Å². The summed E-state index contributed by atoms with van der Waals surface area (Å²) in [6.07, 6.45) is 0. The monoisotopic (exact) mass is 412 g/mol. The van der Waals surface area contributed by atoms with Crippen molar-refractivity contribution < 1.29 is 4.79 Å². The summed E-state index contributed by atoms with van der Waals surface area (Å²) in [5.74, 6) is 0.375. The molecule has 1 amide bonds. The van der Waals surface area contributed by atoms with Crippen molar-refractivity contribution in [3.05, 3.63) is 71.8 Å². The summed E-state index contributed by atoms with van der Waals surface area (Å²) >= 11 is 2.90. The topological polar surface area (TPSA) is 58.1 Å². The van der Waals surface area contributed by atoms with Gasteiger partial charge in [0.1, 0.15) is 0 Å². The predicted octanol–water partition coefficient (Wildman–Crippen LogP) is 4.70. The van der Waals surface area contributed by atoms with Gasteiger partial charge >= 0.3 is 0 Å². The van der Waals surface area contributed by atoms with E-state index in [1.165, 1.54) is 23.1 Å². The predicted molar refractivity (Wildman–Crippen MR) is 117 cm³/mol. The van der Waals surface area contributed by atoms with E-state index in [1.54, 1.807) is 0 Å². The fourth-order valence-corrected chi connectivity index (χ4v) is 4.67. The number of hydrogen-bond donors (Lipinski definition) is 1. The number of benzene rings is 2. The van der Waals surface area contributed by atoms with Gasteiger partial charge in [0, 0.05) is 13.1 Å². The first-order valence-corrected chi connectivity index (χ1v) is 10.9. The van der Waals surface area contributed by atoms with Crippen LogP contribution >= 0.6 is 23.1 Å². The Hall–Kier alpha value is -2.38. The lowest BCUT2D eigenvalue weighted by Gasteiger charge is -2.29. The van der Waals surface area contributed by atoms with Crippen LogP contribution in [0.3, 0.4) is 0 Å². The summed E-state index contributed by atoms with van der Waals surface area (Å²) in [6, 6.07) is 20.4. The highest BCUT2D eigenvalue weighted by molar-refractivity contribution is 8.01. The number of hydrogen-bond acceptors (Lipinski definition) is 6. The zero-order valence-electron chi connectivity index (χ0n) is 16.2. The summed E-state index contributed by atoms with van der Waals surface area (Å²) in [7, 11) is 1.86. The largest absolute Gasteiger partial charge is 0.358 e. The molecule has 1 aromatic heterocycles. The summed E-state index contributed by atoms with van der Waals surface area (Å²) < 4.78 is 0.792. The van der Waals surface area contributed by atoms with Gasteiger partial charge in [-0.05, 0) is 25.0 Å². The Kier molecular flexibility index (Phi) is 7.06. The number of carbonyl (C=O) groups excluding carboxylic acids is 1. The smallest absolute Gasteiger partial charge is 0.233 e. The zero-order valence-corrected chi connectivity index (χ0v) is 17.8. The Morgan fingerprint density at radius 3 is 2.14 bits per heavy atom. The minimum atomic E-state index is -0.122. The van der Waals surface area contributed by atoms with E-state index in [2.05, 4.69) is 53.6 Å². The standard InChI is InChI=1S/C21H24N4OS2/c1-15(2)22-20-23-24-21(28-20)27-14-18(26)25(3)19(16-10-6-4-7-11-16)17-12-8-5-9-13-17/h4-13,15,19H,14H2,1-3H3,(H,22,23). The molecule has 0 unspecified atom stereocenters. The van der Waals surface area contributed by atoms with E-state index < -0.39 is 0 Å². The molecule has 0 saturated carbocycles. The van der Waals surface area contributed by atoms with Gasteiger partial charge in [0.05, 0.1) is 11.8 Å². The molecule has 7 heteroatoms. The van der Waals surface area contributed by atoms with E-state index in [0.29, 0.717) is 11.8 Å². The molecule has 0 spiro atoms. The van der Waals surface area contributed by atoms with Crippen molar-refractivity contribution in [1.82, 2.24) is 15.1 Å². The first-order valence-electron chi connectivity index (χ1n) is 9.13. The molecule has 0 atom stereocenters. The van der Waals surface area contributed by atoms with E-state index >= 15 is 0 Å². The second-order valence-corrected chi connectivity index (χ2v) is 8.89. The molecule has 3 aromatic rings. The van der Waals surface area contributed by atoms with Crippen molar-refractivity contribution in [2.45, 2.75) is 30.3 Å². The highest BCUT2D eigenvalue weighted by Crippen LogP contribution is 2.30. The van der Waals surface area contributed by atoms with Crippen LogP contribution in [0.5, 0.6) is 0 Å². The summed E-state index contributed by atoms with van der Waals surface area (Å²) in [4.78, 5) is 14.7. The van der Waals surface area contributed by atoms with Crippen LogP contribution < -0.4 is 5.32 Å². The lowest BCUT2D eigenvalue weighted by molar-refractivity contribution is -0.128. The normalized spacial score (nSPS) is 11.0. The van der Waals surface area contributed by atoms with Crippen LogP contribution in [0.2, 0.25) is 0 Å². The molecule has 1 N–H and O–H groups in total. The third kappa shape index (κ3) is 5.33. The minimum Gasteiger partial charge on any atom is -0.358 e. The van der Waals surface area contributed by atoms with Gasteiger partial charge in [-0.3, -0.25) is 4.79 Å². The van der Waals surface area contributed by atoms with E-state index in [9.17, 15) is 4.79 Å². The Morgan fingerprint density at radius 1 is 1.04 bits per heavy atom. The van der Waals surface area contributed by atoms with Crippen molar-refractivity contribution >= 4 is 34.1 Å². The van der Waals surface area contributed by atoms with E-state index in [-0.39, 0.29) is 11.9 Å². The third-order valence-electron chi connectivity index (χ3n) is 4.15. The Balaban J connectivity index is 1.71. The fourth-order valence-electron chi connectivity index (χ4n) is 2.85. The van der Waals surface area contributed by atoms with Gasteiger partial charge < -0.3 is 10.2 Å². The number of amides is 1. The maximum Gasteiger partial charge on any atom is 0.233 e. The highest BCUT2D eigenvalue weighted by Gasteiger charge is 2.23. The summed E-state index contributed by atoms with van der Waals surface area (Å²) in [6.45, 7) is 4.11. The van der Waals surface area contributed by atoms with Crippen LogP contribution in [0.4, 0.5) is 5.13 Å². The van der Waals surface area contributed by atoms with Crippen LogP contribution in [-0.4, -0.2) is 39.8 Å². The van der Waals surface area contributed by atoms with Crippen LogP contribution in [-0.2, 0) is 4.79 Å². The van der Waals surface area contributed by atoms with Gasteiger partial charge in [0.15, 0.2) is 4.34 Å². The summed E-state index contributed by atoms with van der Waals surface area (Å²) in [5, 5.41) is 12.3. The van der Waals surface area contributed by atoms with Gasteiger partial charge in [-0.15, -0.1) is 10.2 Å². The number of rotatable bonds is 8. The first-order chi connectivity index (χ1) is 13.5. The quantitative estimate of drug-likeness (QED) is 0.544. The van der Waals surface area contributed by atoms with Gasteiger partial charge in [0.25, 0.3) is 0 Å². The minimum absolute atomic E-state index is 0.0521. The van der Waals surface area contributed by atoms with Gasteiger partial charge in [-0.1, -0.05) is 83.8 Å². The van der Waals surface area contributed by atoms with E-state index in [1.807, 2.05) is 48.3 Å². The van der Waals surface area contributed by atoms with Crippen LogP contribution in [0.25, 0.3) is 0 Å². The molecule has 0 fully saturated rings. The lowest BCUT2D eigenvalue weighted by atomic mass is 9.97. The molecule has 2 aromatic carbocycles. The molecule has 0 aliphatic carbocycles. The molecule has 146 valence electrons. The number of thioether (sulfide) groups is 1. The van der Waals surface area contributed by atoms with Crippen molar-refractivity contribution in [3.8, 4) is 0 Å². The van der Waals surface area contributed by atoms with Crippen LogP contribution in [0, 0.1) is 0 Å². The van der Waals surface area contributed by atoms with Crippen molar-refractivity contribution in [2.75, 3.05) is 18.1 Å². The second-order valence-electron chi connectivity index (χ2n) is 6.69. The highest BCUT2D eigenvalue weighted by atomic mass is 32.2. The number of anilines is 1. The Bertz CT molecular complexity index is 844. The molecular weight excluding hydrogens is 388 g/mol. The van der Waals surface area contributed by atoms with Gasteiger partial charge in [-0.2, -0.15) is 0 Å².